The third kappa shape index (κ3) is 8.11. The minimum Gasteiger partial charge on any atom is -0.451 e. The topological polar surface area (TPSA) is 100 Å². The van der Waals surface area contributed by atoms with E-state index in [1.54, 1.807) is 37.8 Å². The number of aldehydes is 2. The summed E-state index contributed by atoms with van der Waals surface area (Å²) in [6.45, 7) is 0. The molecule has 0 aliphatic heterocycles. The highest BCUT2D eigenvalue weighted by atomic mass is 35.5. The van der Waals surface area contributed by atoms with Gasteiger partial charge in [-0.2, -0.15) is 0 Å². The predicted molar refractivity (Wildman–Crippen MR) is 138 cm³/mol. The number of fused-ring (bicyclic) bond motifs is 1. The Bertz CT molecular complexity index is 1020. The summed E-state index contributed by atoms with van der Waals surface area (Å²) in [5.41, 5.74) is 1.36. The Morgan fingerprint density at radius 3 is 2.44 bits per heavy atom. The highest BCUT2D eigenvalue weighted by Gasteiger charge is 2.19. The van der Waals surface area contributed by atoms with E-state index in [2.05, 4.69) is 39.6 Å². The molecule has 1 fully saturated rings. The van der Waals surface area contributed by atoms with Gasteiger partial charge in [0, 0.05) is 44.6 Å². The lowest BCUT2D eigenvalue weighted by Gasteiger charge is -2.22. The van der Waals surface area contributed by atoms with Gasteiger partial charge in [0.15, 0.2) is 12.0 Å². The van der Waals surface area contributed by atoms with Crippen molar-refractivity contribution in [1.29, 1.82) is 0 Å². The molecule has 0 amide bonds. The second-order valence-corrected chi connectivity index (χ2v) is 8.65. The first kappa shape index (κ1) is 27.3. The molecule has 1 saturated carbocycles. The van der Waals surface area contributed by atoms with Gasteiger partial charge in [0.25, 0.3) is 0 Å². The van der Waals surface area contributed by atoms with E-state index in [0.29, 0.717) is 40.3 Å². The van der Waals surface area contributed by atoms with Crippen molar-refractivity contribution in [2.75, 3.05) is 38.8 Å². The molecule has 4 rings (SSSR count). The minimum atomic E-state index is 0.311. The van der Waals surface area contributed by atoms with Crippen LogP contribution in [0, 0.1) is 5.92 Å². The van der Waals surface area contributed by atoms with Gasteiger partial charge in [0.05, 0.1) is 16.1 Å². The zero-order valence-corrected chi connectivity index (χ0v) is 21.0. The molecule has 3 aromatic rings. The monoisotopic (exact) mass is 487 g/mol. The Kier molecular flexibility index (Phi) is 11.5. The number of nitrogens with one attached hydrogen (secondary N) is 2. The van der Waals surface area contributed by atoms with Gasteiger partial charge >= 0.3 is 0 Å². The Morgan fingerprint density at radius 1 is 1.06 bits per heavy atom. The zero-order chi connectivity index (χ0) is 24.9. The molecule has 3 aromatic heterocycles. The Morgan fingerprint density at radius 2 is 1.85 bits per heavy atom. The summed E-state index contributed by atoms with van der Waals surface area (Å²) in [7, 11) is 7.82. The number of nitrogens with zero attached hydrogens (tertiary/aromatic N) is 3. The van der Waals surface area contributed by atoms with E-state index >= 15 is 0 Å². The van der Waals surface area contributed by atoms with E-state index in [-0.39, 0.29) is 0 Å². The van der Waals surface area contributed by atoms with Crippen LogP contribution in [0.5, 0.6) is 0 Å². The van der Waals surface area contributed by atoms with E-state index in [1.165, 1.54) is 19.3 Å². The van der Waals surface area contributed by atoms with Gasteiger partial charge in [0.1, 0.15) is 17.7 Å². The lowest BCUT2D eigenvalue weighted by molar-refractivity contribution is -0.111. The van der Waals surface area contributed by atoms with Gasteiger partial charge in [0.2, 0.25) is 0 Å². The minimum absolute atomic E-state index is 0.311. The standard InChI is InChI=1S/C10H19NO.C9H8N2O2.C6H7ClN2/c1-11(2)10-5-3-4-9(8-12)6-7-10;1-10-9-6-4-11-3-2-7(6)13-8(9)5-12;1-8-6-3-2-5(7)4-9-6/h8-10H,3-7H2,1-2H3;2-5,10H,1H3;2-4H,1H3,(H,8,9)/t9-,10?;;/m0../s1. The predicted octanol–water partition coefficient (Wildman–Crippen LogP) is 5.15. The summed E-state index contributed by atoms with van der Waals surface area (Å²) in [5.74, 6) is 1.49. The molecule has 0 saturated heterocycles. The van der Waals surface area contributed by atoms with Crippen LogP contribution < -0.4 is 10.6 Å². The van der Waals surface area contributed by atoms with Crippen LogP contribution in [0.1, 0.15) is 42.7 Å². The van der Waals surface area contributed by atoms with Crippen LogP contribution in [-0.4, -0.2) is 61.7 Å². The van der Waals surface area contributed by atoms with Crippen LogP contribution in [0.4, 0.5) is 11.5 Å². The summed E-state index contributed by atoms with van der Waals surface area (Å²) in [6.07, 6.45) is 12.6. The second-order valence-electron chi connectivity index (χ2n) is 8.21. The van der Waals surface area contributed by atoms with Crippen molar-refractivity contribution in [1.82, 2.24) is 14.9 Å². The van der Waals surface area contributed by atoms with Crippen molar-refractivity contribution < 1.29 is 14.0 Å². The van der Waals surface area contributed by atoms with Gasteiger partial charge < -0.3 is 24.7 Å². The molecule has 1 unspecified atom stereocenters. The molecule has 8 nitrogen and oxygen atoms in total. The van der Waals surface area contributed by atoms with Crippen molar-refractivity contribution in [3.8, 4) is 0 Å². The first-order valence-electron chi connectivity index (χ1n) is 11.3. The number of carbonyl (C=O) groups is 2. The maximum Gasteiger partial charge on any atom is 0.190 e. The molecule has 0 aromatic carbocycles. The molecule has 9 heteroatoms. The average molecular weight is 488 g/mol. The number of carbonyl (C=O) groups excluding carboxylic acids is 2. The molecule has 0 bridgehead atoms. The molecule has 0 radical (unpaired) electrons. The Hall–Kier alpha value is -2.97. The fourth-order valence-electron chi connectivity index (χ4n) is 3.79. The number of halogens is 1. The van der Waals surface area contributed by atoms with Crippen molar-refractivity contribution in [3.63, 3.8) is 0 Å². The maximum atomic E-state index is 10.6. The van der Waals surface area contributed by atoms with Crippen LogP contribution >= 0.6 is 11.6 Å². The molecule has 2 N–H and O–H groups in total. The highest BCUT2D eigenvalue weighted by molar-refractivity contribution is 6.30. The molecule has 184 valence electrons. The summed E-state index contributed by atoms with van der Waals surface area (Å²) in [4.78, 5) is 31.4. The van der Waals surface area contributed by atoms with E-state index in [0.717, 1.165) is 30.3 Å². The Labute approximate surface area is 206 Å². The van der Waals surface area contributed by atoms with Gasteiger partial charge in [-0.25, -0.2) is 4.98 Å². The highest BCUT2D eigenvalue weighted by Crippen LogP contribution is 2.28. The quantitative estimate of drug-likeness (QED) is 0.376. The van der Waals surface area contributed by atoms with Crippen molar-refractivity contribution in [2.45, 2.75) is 38.1 Å². The lowest BCUT2D eigenvalue weighted by atomic mass is 10.0. The molecule has 0 spiro atoms. The average Bonchev–Trinajstić information content (AvgIpc) is 3.04. The van der Waals surface area contributed by atoms with Crippen LogP contribution in [0.25, 0.3) is 11.0 Å². The van der Waals surface area contributed by atoms with Gasteiger partial charge in [-0.15, -0.1) is 0 Å². The van der Waals surface area contributed by atoms with Gasteiger partial charge in [-0.05, 0) is 58.0 Å². The summed E-state index contributed by atoms with van der Waals surface area (Å²) in [5, 5.41) is 7.28. The van der Waals surface area contributed by atoms with Crippen LogP contribution in [-0.2, 0) is 4.79 Å². The fraction of sp³-hybridized carbons (Fsp3) is 0.440. The number of pyridine rings is 2. The maximum absolute atomic E-state index is 10.6. The number of rotatable bonds is 5. The normalized spacial score (nSPS) is 17.5. The van der Waals surface area contributed by atoms with E-state index < -0.39 is 0 Å². The summed E-state index contributed by atoms with van der Waals surface area (Å²) >= 11 is 5.58. The number of aromatic nitrogens is 2. The second kappa shape index (κ2) is 14.3. The molecular formula is C25H34ClN5O3. The molecule has 1 aliphatic carbocycles. The van der Waals surface area contributed by atoms with E-state index in [1.807, 2.05) is 13.1 Å². The van der Waals surface area contributed by atoms with Crippen LogP contribution in [0.2, 0.25) is 5.02 Å². The number of furan rings is 1. The molecular weight excluding hydrogens is 454 g/mol. The fourth-order valence-corrected chi connectivity index (χ4v) is 3.90. The van der Waals surface area contributed by atoms with Crippen LogP contribution in [0.3, 0.4) is 0 Å². The molecule has 2 atom stereocenters. The Balaban J connectivity index is 0.000000183. The molecule has 34 heavy (non-hydrogen) atoms. The van der Waals surface area contributed by atoms with Crippen LogP contribution in [0.15, 0.2) is 41.2 Å². The summed E-state index contributed by atoms with van der Waals surface area (Å²) < 4.78 is 5.27. The van der Waals surface area contributed by atoms with Crippen molar-refractivity contribution in [2.24, 2.45) is 5.92 Å². The third-order valence-corrected chi connectivity index (χ3v) is 5.99. The first-order valence-corrected chi connectivity index (χ1v) is 11.7. The largest absolute Gasteiger partial charge is 0.451 e. The smallest absolute Gasteiger partial charge is 0.190 e. The van der Waals surface area contributed by atoms with E-state index in [4.69, 9.17) is 16.0 Å². The molecule has 1 aliphatic rings. The SMILES string of the molecule is CN(C)C1CCC[C@H](C=O)CC1.CNc1c(C=O)oc2ccncc12.CNc1ccc(Cl)cn1. The van der Waals surface area contributed by atoms with E-state index in [9.17, 15) is 9.59 Å². The first-order chi connectivity index (χ1) is 16.4. The zero-order valence-electron chi connectivity index (χ0n) is 20.3. The van der Waals surface area contributed by atoms with Gasteiger partial charge in [-0.3, -0.25) is 9.78 Å². The third-order valence-electron chi connectivity index (χ3n) is 5.76. The number of hydrogen-bond acceptors (Lipinski definition) is 8. The van der Waals surface area contributed by atoms with Gasteiger partial charge in [-0.1, -0.05) is 18.0 Å². The number of hydrogen-bond donors (Lipinski definition) is 2. The summed E-state index contributed by atoms with van der Waals surface area (Å²) in [6, 6.07) is 6.04. The van der Waals surface area contributed by atoms with Crippen molar-refractivity contribution in [3.05, 3.63) is 47.6 Å². The lowest BCUT2D eigenvalue weighted by Crippen LogP contribution is -2.27. The molecule has 3 heterocycles. The van der Waals surface area contributed by atoms with Crippen molar-refractivity contribution >= 4 is 46.6 Å². The number of anilines is 2.